The van der Waals surface area contributed by atoms with Crippen molar-refractivity contribution < 1.29 is 39.5 Å². The smallest absolute Gasteiger partial charge is 0.353 e. The van der Waals surface area contributed by atoms with E-state index in [0.29, 0.717) is 12.1 Å². The van der Waals surface area contributed by atoms with Crippen LogP contribution in [-0.2, 0) is 6.18 Å². The van der Waals surface area contributed by atoms with Gasteiger partial charge in [0.1, 0.15) is 24.9 Å². The first-order valence-corrected chi connectivity index (χ1v) is 7.00. The Labute approximate surface area is 145 Å². The lowest BCUT2D eigenvalue weighted by Crippen LogP contribution is -2.40. The summed E-state index contributed by atoms with van der Waals surface area (Å²) in [6.07, 6.45) is -15.0. The molecule has 0 unspecified atom stereocenters. The number of pyridine rings is 1. The largest absolute Gasteiger partial charge is 0.417 e. The van der Waals surface area contributed by atoms with Crippen LogP contribution in [0.2, 0.25) is 0 Å². The highest BCUT2D eigenvalue weighted by Crippen LogP contribution is 2.37. The molecule has 1 heterocycles. The second-order valence-electron chi connectivity index (χ2n) is 5.45. The summed E-state index contributed by atoms with van der Waals surface area (Å²) in [6.45, 7) is -4.02. The van der Waals surface area contributed by atoms with E-state index in [-0.39, 0.29) is 10.4 Å². The van der Waals surface area contributed by atoms with Crippen molar-refractivity contribution in [2.45, 2.75) is 18.5 Å². The normalized spacial score (nSPS) is 12.9. The van der Waals surface area contributed by atoms with Crippen molar-refractivity contribution >= 4 is 16.6 Å². The fourth-order valence-corrected chi connectivity index (χ4v) is 2.37. The molecule has 0 spiro atoms. The van der Waals surface area contributed by atoms with E-state index in [0.717, 1.165) is 12.1 Å². The van der Waals surface area contributed by atoms with E-state index in [2.05, 4.69) is 4.98 Å². The first-order valence-electron chi connectivity index (χ1n) is 7.00. The Morgan fingerprint density at radius 2 is 1.44 bits per heavy atom. The minimum atomic E-state index is -5.02. The summed E-state index contributed by atoms with van der Waals surface area (Å²) in [7, 11) is 0. The molecule has 0 saturated carbocycles. The highest BCUT2D eigenvalue weighted by molar-refractivity contribution is 5.87. The molecule has 2 rings (SSSR count). The van der Waals surface area contributed by atoms with Gasteiger partial charge in [-0.1, -0.05) is 0 Å². The second-order valence-corrected chi connectivity index (χ2v) is 5.45. The molecule has 27 heavy (non-hydrogen) atoms. The van der Waals surface area contributed by atoms with Crippen molar-refractivity contribution in [1.82, 2.24) is 4.98 Å². The van der Waals surface area contributed by atoms with Crippen molar-refractivity contribution in [3.63, 3.8) is 0 Å². The van der Waals surface area contributed by atoms with Gasteiger partial charge in [0.15, 0.2) is 0 Å². The summed E-state index contributed by atoms with van der Waals surface area (Å²) in [6, 6.07) is 3.96. The van der Waals surface area contributed by atoms with E-state index < -0.39 is 53.9 Å². The molecule has 0 fully saturated rings. The Bertz CT molecular complexity index is 859. The van der Waals surface area contributed by atoms with Gasteiger partial charge in [0, 0.05) is 11.1 Å². The fourth-order valence-electron chi connectivity index (χ4n) is 2.37. The van der Waals surface area contributed by atoms with Gasteiger partial charge in [0.25, 0.3) is 0 Å². The van der Waals surface area contributed by atoms with Crippen molar-refractivity contribution in [1.29, 1.82) is 5.26 Å². The summed E-state index contributed by atoms with van der Waals surface area (Å²) >= 11 is 0. The van der Waals surface area contributed by atoms with E-state index >= 15 is 0 Å². The van der Waals surface area contributed by atoms with Gasteiger partial charge in [-0.2, -0.15) is 44.8 Å². The van der Waals surface area contributed by atoms with Gasteiger partial charge in [0.2, 0.25) is 0 Å². The van der Waals surface area contributed by atoms with Gasteiger partial charge in [0.05, 0.1) is 11.1 Å². The minimum absolute atomic E-state index is 0.127. The summed E-state index contributed by atoms with van der Waals surface area (Å²) in [5.41, 5.74) is -3.08. The Hall–Kier alpha value is -2.71. The molecular weight excluding hydrogens is 393 g/mol. The number of hydrogen-bond donors (Lipinski definition) is 0. The number of alkyl halides is 9. The van der Waals surface area contributed by atoms with Crippen LogP contribution >= 0.6 is 0 Å². The average molecular weight is 401 g/mol. The Morgan fingerprint density at radius 1 is 0.889 bits per heavy atom. The molecule has 0 bridgehead atoms. The molecule has 2 aromatic rings. The third kappa shape index (κ3) is 5.38. The van der Waals surface area contributed by atoms with Crippen molar-refractivity contribution in [3.8, 4) is 6.07 Å². The van der Waals surface area contributed by atoms with Gasteiger partial charge in [-0.15, -0.1) is 0 Å². The third-order valence-corrected chi connectivity index (χ3v) is 3.32. The molecule has 12 heteroatoms. The van der Waals surface area contributed by atoms with E-state index in [4.69, 9.17) is 5.26 Å². The average Bonchev–Trinajstić information content (AvgIpc) is 2.49. The van der Waals surface area contributed by atoms with Crippen molar-refractivity contribution in [2.75, 3.05) is 18.0 Å². The van der Waals surface area contributed by atoms with Crippen LogP contribution in [0.1, 0.15) is 11.3 Å². The summed E-state index contributed by atoms with van der Waals surface area (Å²) < 4.78 is 115. The zero-order valence-corrected chi connectivity index (χ0v) is 13.0. The monoisotopic (exact) mass is 401 g/mol. The quantitative estimate of drug-likeness (QED) is 0.676. The second kappa shape index (κ2) is 6.79. The number of benzene rings is 1. The number of hydrogen-bond acceptors (Lipinski definition) is 3. The van der Waals surface area contributed by atoms with E-state index in [1.54, 1.807) is 0 Å². The SMILES string of the molecule is N#Cc1cc(C(F)(F)F)c2cc(N(CC(F)(F)F)CC(F)(F)F)ccc2n1. The predicted molar refractivity (Wildman–Crippen MR) is 75.8 cm³/mol. The van der Waals surface area contributed by atoms with Gasteiger partial charge in [-0.25, -0.2) is 4.98 Å². The maximum atomic E-state index is 13.2. The highest BCUT2D eigenvalue weighted by atomic mass is 19.4. The van der Waals surface area contributed by atoms with E-state index in [1.165, 1.54) is 6.07 Å². The third-order valence-electron chi connectivity index (χ3n) is 3.32. The zero-order chi connectivity index (χ0) is 20.6. The van der Waals surface area contributed by atoms with Gasteiger partial charge < -0.3 is 4.90 Å². The molecule has 0 aliphatic rings. The van der Waals surface area contributed by atoms with E-state index in [9.17, 15) is 39.5 Å². The number of halogens is 9. The molecule has 0 saturated heterocycles. The van der Waals surface area contributed by atoms with E-state index in [1.807, 2.05) is 0 Å². The molecule has 0 N–H and O–H groups in total. The van der Waals surface area contributed by atoms with Crippen LogP contribution in [0, 0.1) is 11.3 Å². The summed E-state index contributed by atoms with van der Waals surface area (Å²) in [5, 5.41) is 8.03. The van der Waals surface area contributed by atoms with Gasteiger partial charge >= 0.3 is 18.5 Å². The molecule has 0 aliphatic carbocycles. The van der Waals surface area contributed by atoms with Crippen molar-refractivity contribution in [3.05, 3.63) is 35.5 Å². The maximum Gasteiger partial charge on any atom is 0.417 e. The maximum absolute atomic E-state index is 13.2. The topological polar surface area (TPSA) is 39.9 Å². The molecule has 0 radical (unpaired) electrons. The lowest BCUT2D eigenvalue weighted by atomic mass is 10.1. The van der Waals surface area contributed by atoms with Gasteiger partial charge in [-0.05, 0) is 24.3 Å². The molecule has 3 nitrogen and oxygen atoms in total. The number of anilines is 1. The molecule has 0 atom stereocenters. The van der Waals surface area contributed by atoms with Gasteiger partial charge in [-0.3, -0.25) is 0 Å². The Morgan fingerprint density at radius 3 is 1.89 bits per heavy atom. The van der Waals surface area contributed by atoms with Crippen molar-refractivity contribution in [2.24, 2.45) is 0 Å². The summed E-state index contributed by atoms with van der Waals surface area (Å²) in [5.74, 6) is 0. The molecule has 146 valence electrons. The Kier molecular flexibility index (Phi) is 5.18. The van der Waals surface area contributed by atoms with Crippen LogP contribution in [0.4, 0.5) is 45.2 Å². The minimum Gasteiger partial charge on any atom is -0.353 e. The lowest BCUT2D eigenvalue weighted by molar-refractivity contribution is -0.138. The van der Waals surface area contributed by atoms with Crippen LogP contribution < -0.4 is 4.90 Å². The number of aromatic nitrogens is 1. The first kappa shape index (κ1) is 20.6. The highest BCUT2D eigenvalue weighted by Gasteiger charge is 2.38. The first-order chi connectivity index (χ1) is 12.2. The summed E-state index contributed by atoms with van der Waals surface area (Å²) in [4.78, 5) is 3.47. The van der Waals surface area contributed by atoms with Crippen LogP contribution in [0.25, 0.3) is 10.9 Å². The van der Waals surface area contributed by atoms with Crippen LogP contribution in [0.5, 0.6) is 0 Å². The predicted octanol–water partition coefficient (Wildman–Crippen LogP) is 5.06. The van der Waals surface area contributed by atoms with Crippen LogP contribution in [-0.4, -0.2) is 30.4 Å². The molecule has 0 amide bonds. The number of nitriles is 1. The Balaban J connectivity index is 2.65. The molecule has 1 aromatic carbocycles. The number of nitrogens with zero attached hydrogens (tertiary/aromatic N) is 3. The molecule has 1 aromatic heterocycles. The standard InChI is InChI=1S/C15H8F9N3/c16-13(17,18)6-27(7-14(19,20)21)9-1-2-12-10(4-9)11(15(22,23)24)3-8(5-25)26-12/h1-4H,6-7H2. The molecular formula is C15H8F9N3. The fraction of sp³-hybridized carbons (Fsp3) is 0.333. The number of rotatable bonds is 3. The number of fused-ring (bicyclic) bond motifs is 1. The molecule has 0 aliphatic heterocycles. The lowest BCUT2D eigenvalue weighted by Gasteiger charge is -2.27. The van der Waals surface area contributed by atoms with Crippen LogP contribution in [0.3, 0.4) is 0 Å². The zero-order valence-electron chi connectivity index (χ0n) is 13.0. The van der Waals surface area contributed by atoms with Crippen LogP contribution in [0.15, 0.2) is 24.3 Å².